The molecule has 20 heavy (non-hydrogen) atoms. The fraction of sp³-hybridized carbons (Fsp3) is 0.118. The lowest BCUT2D eigenvalue weighted by Crippen LogP contribution is -2.00. The van der Waals surface area contributed by atoms with Gasteiger partial charge in [0.2, 0.25) is 0 Å². The van der Waals surface area contributed by atoms with Crippen LogP contribution in [0.25, 0.3) is 5.69 Å². The minimum Gasteiger partial charge on any atom is -0.384 e. The smallest absolute Gasteiger partial charge is 0.104 e. The summed E-state index contributed by atoms with van der Waals surface area (Å²) in [4.78, 5) is 4.03. The Morgan fingerprint density at radius 2 is 1.55 bits per heavy atom. The van der Waals surface area contributed by atoms with Crippen LogP contribution in [0.2, 0.25) is 0 Å². The molecule has 2 aromatic carbocycles. The molecular formula is C17H16N2O. The molecule has 3 heteroatoms. The van der Waals surface area contributed by atoms with Crippen molar-refractivity contribution in [2.75, 3.05) is 0 Å². The minimum absolute atomic E-state index is 0.590. The number of aliphatic hydroxyl groups excluding tert-OH is 1. The molecule has 1 atom stereocenters. The van der Waals surface area contributed by atoms with Gasteiger partial charge in [-0.2, -0.15) is 0 Å². The number of nitrogens with zero attached hydrogens (tertiary/aromatic N) is 2. The van der Waals surface area contributed by atoms with Gasteiger partial charge < -0.3 is 9.67 Å². The molecule has 3 rings (SSSR count). The van der Waals surface area contributed by atoms with Crippen LogP contribution in [-0.4, -0.2) is 14.7 Å². The molecule has 3 aromatic rings. The second kappa shape index (κ2) is 5.31. The van der Waals surface area contributed by atoms with Crippen molar-refractivity contribution in [1.82, 2.24) is 9.55 Å². The van der Waals surface area contributed by atoms with E-state index >= 15 is 0 Å². The lowest BCUT2D eigenvalue weighted by molar-refractivity contribution is 0.220. The summed E-state index contributed by atoms with van der Waals surface area (Å²) in [5, 5.41) is 10.4. The monoisotopic (exact) mass is 264 g/mol. The van der Waals surface area contributed by atoms with Crippen LogP contribution in [0, 0.1) is 6.92 Å². The Labute approximate surface area is 118 Å². The van der Waals surface area contributed by atoms with E-state index in [2.05, 4.69) is 4.98 Å². The van der Waals surface area contributed by atoms with Gasteiger partial charge in [0.25, 0.3) is 0 Å². The van der Waals surface area contributed by atoms with Gasteiger partial charge in [0.15, 0.2) is 0 Å². The average Bonchev–Trinajstić information content (AvgIpc) is 3.02. The van der Waals surface area contributed by atoms with Gasteiger partial charge in [-0.3, -0.25) is 0 Å². The van der Waals surface area contributed by atoms with Crippen LogP contribution in [0.1, 0.15) is 22.8 Å². The molecule has 0 fully saturated rings. The summed E-state index contributed by atoms with van der Waals surface area (Å²) < 4.78 is 1.93. The molecule has 0 amide bonds. The Morgan fingerprint density at radius 3 is 2.10 bits per heavy atom. The maximum Gasteiger partial charge on any atom is 0.104 e. The number of hydrogen-bond donors (Lipinski definition) is 1. The van der Waals surface area contributed by atoms with E-state index in [1.165, 1.54) is 5.56 Å². The van der Waals surface area contributed by atoms with E-state index in [0.717, 1.165) is 16.8 Å². The van der Waals surface area contributed by atoms with Crippen molar-refractivity contribution >= 4 is 0 Å². The molecule has 0 radical (unpaired) electrons. The molecule has 0 unspecified atom stereocenters. The predicted molar refractivity (Wildman–Crippen MR) is 78.8 cm³/mol. The van der Waals surface area contributed by atoms with Gasteiger partial charge in [-0.1, -0.05) is 42.0 Å². The highest BCUT2D eigenvalue weighted by atomic mass is 16.3. The van der Waals surface area contributed by atoms with E-state index in [0.29, 0.717) is 0 Å². The standard InChI is InChI=1S/C17H16N2O/c1-13-2-4-14(5-3-13)17(20)15-6-8-16(9-7-15)19-11-10-18-12-19/h2-12,17,20H,1H3/t17-/m1/s1. The summed E-state index contributed by atoms with van der Waals surface area (Å²) in [6.07, 6.45) is 4.80. The van der Waals surface area contributed by atoms with Gasteiger partial charge in [-0.15, -0.1) is 0 Å². The van der Waals surface area contributed by atoms with E-state index in [9.17, 15) is 5.11 Å². The maximum atomic E-state index is 10.4. The molecular weight excluding hydrogens is 248 g/mol. The number of hydrogen-bond acceptors (Lipinski definition) is 2. The van der Waals surface area contributed by atoms with Gasteiger partial charge in [-0.05, 0) is 30.2 Å². The fourth-order valence-corrected chi connectivity index (χ4v) is 2.18. The largest absolute Gasteiger partial charge is 0.384 e. The summed E-state index contributed by atoms with van der Waals surface area (Å²) in [5.41, 5.74) is 4.02. The Hall–Kier alpha value is -2.39. The van der Waals surface area contributed by atoms with Crippen LogP contribution in [0.4, 0.5) is 0 Å². The second-order valence-electron chi connectivity index (χ2n) is 4.87. The van der Waals surface area contributed by atoms with E-state index in [4.69, 9.17) is 0 Å². The third kappa shape index (κ3) is 2.49. The fourth-order valence-electron chi connectivity index (χ4n) is 2.18. The van der Waals surface area contributed by atoms with Crippen LogP contribution >= 0.6 is 0 Å². The minimum atomic E-state index is -0.590. The Balaban J connectivity index is 1.85. The lowest BCUT2D eigenvalue weighted by atomic mass is 10.0. The molecule has 0 spiro atoms. The molecule has 1 heterocycles. The van der Waals surface area contributed by atoms with Crippen molar-refractivity contribution in [2.24, 2.45) is 0 Å². The number of aliphatic hydroxyl groups is 1. The topological polar surface area (TPSA) is 38.0 Å². The number of benzene rings is 2. The van der Waals surface area contributed by atoms with Gasteiger partial charge in [0.05, 0.1) is 6.33 Å². The SMILES string of the molecule is Cc1ccc([C@@H](O)c2ccc(-n3ccnc3)cc2)cc1. The summed E-state index contributed by atoms with van der Waals surface area (Å²) in [6.45, 7) is 2.04. The highest BCUT2D eigenvalue weighted by molar-refractivity contribution is 5.38. The summed E-state index contributed by atoms with van der Waals surface area (Å²) in [5.74, 6) is 0. The van der Waals surface area contributed by atoms with E-state index in [1.807, 2.05) is 66.2 Å². The number of imidazole rings is 1. The van der Waals surface area contributed by atoms with Gasteiger partial charge in [-0.25, -0.2) is 4.98 Å². The molecule has 0 bridgehead atoms. The van der Waals surface area contributed by atoms with Gasteiger partial charge >= 0.3 is 0 Å². The van der Waals surface area contributed by atoms with Crippen molar-refractivity contribution in [2.45, 2.75) is 13.0 Å². The third-order valence-corrected chi connectivity index (χ3v) is 3.40. The second-order valence-corrected chi connectivity index (χ2v) is 4.87. The number of aryl methyl sites for hydroxylation is 1. The lowest BCUT2D eigenvalue weighted by Gasteiger charge is -2.12. The Bertz CT molecular complexity index is 670. The molecule has 0 saturated heterocycles. The normalized spacial score (nSPS) is 12.3. The average molecular weight is 264 g/mol. The van der Waals surface area contributed by atoms with Crippen molar-refractivity contribution in [3.05, 3.63) is 83.9 Å². The summed E-state index contributed by atoms with van der Waals surface area (Å²) >= 11 is 0. The zero-order valence-electron chi connectivity index (χ0n) is 11.3. The first kappa shape index (κ1) is 12.6. The first-order valence-electron chi connectivity index (χ1n) is 6.57. The quantitative estimate of drug-likeness (QED) is 0.788. The Kier molecular flexibility index (Phi) is 3.35. The third-order valence-electron chi connectivity index (χ3n) is 3.40. The van der Waals surface area contributed by atoms with Gasteiger partial charge in [0.1, 0.15) is 6.10 Å². The number of aromatic nitrogens is 2. The van der Waals surface area contributed by atoms with Crippen LogP contribution < -0.4 is 0 Å². The van der Waals surface area contributed by atoms with Crippen LogP contribution in [0.5, 0.6) is 0 Å². The van der Waals surface area contributed by atoms with Crippen molar-refractivity contribution < 1.29 is 5.11 Å². The first-order chi connectivity index (χ1) is 9.74. The molecule has 100 valence electrons. The van der Waals surface area contributed by atoms with Crippen LogP contribution in [0.15, 0.2) is 67.3 Å². The summed E-state index contributed by atoms with van der Waals surface area (Å²) in [6, 6.07) is 15.8. The zero-order chi connectivity index (χ0) is 13.9. The van der Waals surface area contributed by atoms with E-state index in [-0.39, 0.29) is 0 Å². The van der Waals surface area contributed by atoms with E-state index in [1.54, 1.807) is 12.5 Å². The molecule has 3 nitrogen and oxygen atoms in total. The predicted octanol–water partition coefficient (Wildman–Crippen LogP) is 3.26. The molecule has 0 saturated carbocycles. The van der Waals surface area contributed by atoms with Crippen LogP contribution in [-0.2, 0) is 0 Å². The molecule has 0 aliphatic rings. The van der Waals surface area contributed by atoms with Crippen LogP contribution in [0.3, 0.4) is 0 Å². The number of rotatable bonds is 3. The van der Waals surface area contributed by atoms with Crippen molar-refractivity contribution in [3.8, 4) is 5.69 Å². The molecule has 1 aromatic heterocycles. The van der Waals surface area contributed by atoms with Crippen molar-refractivity contribution in [3.63, 3.8) is 0 Å². The highest BCUT2D eigenvalue weighted by Gasteiger charge is 2.10. The summed E-state index contributed by atoms with van der Waals surface area (Å²) in [7, 11) is 0. The Morgan fingerprint density at radius 1 is 0.950 bits per heavy atom. The molecule has 0 aliphatic carbocycles. The first-order valence-corrected chi connectivity index (χ1v) is 6.57. The van der Waals surface area contributed by atoms with E-state index < -0.39 is 6.10 Å². The zero-order valence-corrected chi connectivity index (χ0v) is 11.3. The van der Waals surface area contributed by atoms with Gasteiger partial charge in [0, 0.05) is 18.1 Å². The molecule has 0 aliphatic heterocycles. The molecule has 1 N–H and O–H groups in total. The highest BCUT2D eigenvalue weighted by Crippen LogP contribution is 2.23. The van der Waals surface area contributed by atoms with Crippen molar-refractivity contribution in [1.29, 1.82) is 0 Å². The maximum absolute atomic E-state index is 10.4.